The molecule has 0 aliphatic heterocycles. The van der Waals surface area contributed by atoms with E-state index in [1.165, 1.54) is 0 Å². The van der Waals surface area contributed by atoms with E-state index < -0.39 is 0 Å². The summed E-state index contributed by atoms with van der Waals surface area (Å²) in [7, 11) is 0. The molecule has 0 spiro atoms. The van der Waals surface area contributed by atoms with E-state index in [9.17, 15) is 0 Å². The summed E-state index contributed by atoms with van der Waals surface area (Å²) in [5.74, 6) is 1.69. The van der Waals surface area contributed by atoms with Crippen LogP contribution < -0.4 is 20.1 Å². The zero-order valence-corrected chi connectivity index (χ0v) is 14.9. The number of hydrogen-bond acceptors (Lipinski definition) is 3. The summed E-state index contributed by atoms with van der Waals surface area (Å²) in [5, 5.41) is 6.80. The summed E-state index contributed by atoms with van der Waals surface area (Å²) >= 11 is 5.30. The normalized spacial score (nSPS) is 9.48. The predicted molar refractivity (Wildman–Crippen MR) is 95.1 cm³/mol. The first-order valence-corrected chi connectivity index (χ1v) is 7.65. The maximum Gasteiger partial charge on any atom is 0.175 e. The zero-order valence-electron chi connectivity index (χ0n) is 13.1. The molecule has 0 saturated carbocycles. The summed E-state index contributed by atoms with van der Waals surface area (Å²) in [6.07, 6.45) is 0. The SMILES string of the molecule is CCOc1ccc(NC(=S)Nc2ccc(OCC)cc2)cc1.[Co]. The van der Waals surface area contributed by atoms with E-state index in [-0.39, 0.29) is 16.8 Å². The first kappa shape index (κ1) is 19.3. The van der Waals surface area contributed by atoms with E-state index >= 15 is 0 Å². The second kappa shape index (κ2) is 10.1. The maximum absolute atomic E-state index is 5.40. The Hall–Kier alpha value is -1.76. The topological polar surface area (TPSA) is 42.5 Å². The summed E-state index contributed by atoms with van der Waals surface area (Å²) in [5.41, 5.74) is 1.82. The van der Waals surface area contributed by atoms with E-state index in [0.717, 1.165) is 22.9 Å². The fourth-order valence-corrected chi connectivity index (χ4v) is 2.13. The molecule has 6 heteroatoms. The first-order chi connectivity index (χ1) is 10.7. The Bertz CT molecular complexity index is 549. The molecule has 4 nitrogen and oxygen atoms in total. The Balaban J connectivity index is 0.00000264. The van der Waals surface area contributed by atoms with Gasteiger partial charge in [-0.15, -0.1) is 0 Å². The minimum absolute atomic E-state index is 0. The average molecular weight is 375 g/mol. The van der Waals surface area contributed by atoms with E-state index in [4.69, 9.17) is 21.7 Å². The largest absolute Gasteiger partial charge is 0.494 e. The molecule has 0 aliphatic rings. The van der Waals surface area contributed by atoms with Crippen LogP contribution in [0.25, 0.3) is 0 Å². The monoisotopic (exact) mass is 375 g/mol. The average Bonchev–Trinajstić information content (AvgIpc) is 2.52. The van der Waals surface area contributed by atoms with Crippen molar-refractivity contribution in [2.75, 3.05) is 23.8 Å². The number of benzene rings is 2. The van der Waals surface area contributed by atoms with Gasteiger partial charge in [-0.2, -0.15) is 0 Å². The van der Waals surface area contributed by atoms with E-state index in [1.807, 2.05) is 62.4 Å². The maximum atomic E-state index is 5.40. The smallest absolute Gasteiger partial charge is 0.175 e. The third-order valence-electron chi connectivity index (χ3n) is 2.85. The standard InChI is InChI=1S/C17H20N2O2S.Co/c1-3-20-15-9-5-13(6-10-15)18-17(22)19-14-7-11-16(12-8-14)21-4-2;/h5-12H,3-4H2,1-2H3,(H2,18,19,22);. The third-order valence-corrected chi connectivity index (χ3v) is 3.05. The molecule has 0 heterocycles. The van der Waals surface area contributed by atoms with Crippen LogP contribution in [0, 0.1) is 0 Å². The van der Waals surface area contributed by atoms with Crippen molar-refractivity contribution in [3.05, 3.63) is 48.5 Å². The van der Waals surface area contributed by atoms with Gasteiger partial charge in [-0.25, -0.2) is 0 Å². The minimum Gasteiger partial charge on any atom is -0.494 e. The number of ether oxygens (including phenoxy) is 2. The predicted octanol–water partition coefficient (Wildman–Crippen LogP) is 4.29. The van der Waals surface area contributed by atoms with E-state index in [2.05, 4.69) is 10.6 Å². The molecule has 2 aromatic rings. The Labute approximate surface area is 152 Å². The number of rotatable bonds is 6. The van der Waals surface area contributed by atoms with Crippen molar-refractivity contribution >= 4 is 28.7 Å². The Kier molecular flexibility index (Phi) is 8.46. The van der Waals surface area contributed by atoms with Gasteiger partial charge in [-0.3, -0.25) is 0 Å². The van der Waals surface area contributed by atoms with Crippen LogP contribution in [0.3, 0.4) is 0 Å². The van der Waals surface area contributed by atoms with Crippen LogP contribution >= 0.6 is 12.2 Å². The van der Waals surface area contributed by atoms with Crippen LogP contribution in [-0.2, 0) is 16.8 Å². The molecule has 1 radical (unpaired) electrons. The zero-order chi connectivity index (χ0) is 15.8. The van der Waals surface area contributed by atoms with Gasteiger partial charge in [-0.1, -0.05) is 0 Å². The number of anilines is 2. The van der Waals surface area contributed by atoms with Crippen molar-refractivity contribution in [2.24, 2.45) is 0 Å². The minimum atomic E-state index is 0. The van der Waals surface area contributed by atoms with Crippen molar-refractivity contribution in [2.45, 2.75) is 13.8 Å². The first-order valence-electron chi connectivity index (χ1n) is 7.25. The summed E-state index contributed by atoms with van der Waals surface area (Å²) in [6, 6.07) is 15.3. The van der Waals surface area contributed by atoms with Crippen LogP contribution in [-0.4, -0.2) is 18.3 Å². The molecule has 0 atom stereocenters. The Morgan fingerprint density at radius 2 is 1.13 bits per heavy atom. The molecule has 0 aromatic heterocycles. The Morgan fingerprint density at radius 1 is 0.783 bits per heavy atom. The van der Waals surface area contributed by atoms with Gasteiger partial charge >= 0.3 is 0 Å². The Morgan fingerprint density at radius 3 is 1.43 bits per heavy atom. The van der Waals surface area contributed by atoms with E-state index in [1.54, 1.807) is 0 Å². The molecule has 2 aromatic carbocycles. The van der Waals surface area contributed by atoms with Crippen LogP contribution in [0.1, 0.15) is 13.8 Å². The quantitative estimate of drug-likeness (QED) is 0.738. The van der Waals surface area contributed by atoms with Crippen molar-refractivity contribution in [3.8, 4) is 11.5 Å². The number of hydrogen-bond donors (Lipinski definition) is 2. The number of thiocarbonyl (C=S) groups is 1. The van der Waals surface area contributed by atoms with Crippen molar-refractivity contribution in [1.29, 1.82) is 0 Å². The van der Waals surface area contributed by atoms with Gasteiger partial charge in [0.15, 0.2) is 5.11 Å². The van der Waals surface area contributed by atoms with Crippen LogP contribution in [0.4, 0.5) is 11.4 Å². The van der Waals surface area contributed by atoms with Crippen molar-refractivity contribution in [1.82, 2.24) is 0 Å². The molecular weight excluding hydrogens is 355 g/mol. The molecule has 0 unspecified atom stereocenters. The molecule has 2 N–H and O–H groups in total. The molecule has 125 valence electrons. The van der Waals surface area contributed by atoms with Crippen molar-refractivity contribution < 1.29 is 26.3 Å². The second-order valence-electron chi connectivity index (χ2n) is 4.49. The van der Waals surface area contributed by atoms with Gasteiger partial charge in [0.2, 0.25) is 0 Å². The molecule has 0 amide bonds. The van der Waals surface area contributed by atoms with Gasteiger partial charge in [0.25, 0.3) is 0 Å². The van der Waals surface area contributed by atoms with Gasteiger partial charge in [0, 0.05) is 28.2 Å². The molecular formula is C17H20CoN2O2S. The van der Waals surface area contributed by atoms with Crippen LogP contribution in [0.15, 0.2) is 48.5 Å². The summed E-state index contributed by atoms with van der Waals surface area (Å²) < 4.78 is 10.8. The molecule has 2 rings (SSSR count). The van der Waals surface area contributed by atoms with Gasteiger partial charge in [0.05, 0.1) is 13.2 Å². The van der Waals surface area contributed by atoms with Crippen LogP contribution in [0.5, 0.6) is 11.5 Å². The fourth-order valence-electron chi connectivity index (χ4n) is 1.90. The van der Waals surface area contributed by atoms with Gasteiger partial charge < -0.3 is 20.1 Å². The van der Waals surface area contributed by atoms with Gasteiger partial charge in [-0.05, 0) is 74.6 Å². The second-order valence-corrected chi connectivity index (χ2v) is 4.90. The summed E-state index contributed by atoms with van der Waals surface area (Å²) in [6.45, 7) is 5.24. The molecule has 0 saturated heterocycles. The number of nitrogens with one attached hydrogen (secondary N) is 2. The van der Waals surface area contributed by atoms with E-state index in [0.29, 0.717) is 18.3 Å². The van der Waals surface area contributed by atoms with Crippen LogP contribution in [0.2, 0.25) is 0 Å². The van der Waals surface area contributed by atoms with Crippen molar-refractivity contribution in [3.63, 3.8) is 0 Å². The fraction of sp³-hybridized carbons (Fsp3) is 0.235. The molecule has 23 heavy (non-hydrogen) atoms. The molecule has 0 fully saturated rings. The molecule has 0 aliphatic carbocycles. The van der Waals surface area contributed by atoms with Gasteiger partial charge in [0.1, 0.15) is 11.5 Å². The third kappa shape index (κ3) is 6.48. The molecule has 0 bridgehead atoms. The summed E-state index contributed by atoms with van der Waals surface area (Å²) in [4.78, 5) is 0.